The van der Waals surface area contributed by atoms with Crippen molar-refractivity contribution in [3.63, 3.8) is 0 Å². The maximum atomic E-state index is 5.97. The summed E-state index contributed by atoms with van der Waals surface area (Å²) >= 11 is 0. The van der Waals surface area contributed by atoms with E-state index in [1.165, 1.54) is 12.2 Å². The molecule has 0 saturated heterocycles. The smallest absolute Gasteiger partial charge is 0.114 e. The van der Waals surface area contributed by atoms with Gasteiger partial charge in [-0.3, -0.25) is 0 Å². The average Bonchev–Trinajstić information content (AvgIpc) is 2.73. The van der Waals surface area contributed by atoms with Crippen LogP contribution in [-0.4, -0.2) is 15.6 Å². The normalized spacial score (nSPS) is 32.4. The molecule has 2 N–H and O–H groups in total. The Morgan fingerprint density at radius 2 is 2.50 bits per heavy atom. The minimum atomic E-state index is 0.207. The summed E-state index contributed by atoms with van der Waals surface area (Å²) in [4.78, 5) is 4.48. The summed E-state index contributed by atoms with van der Waals surface area (Å²) in [7, 11) is 0. The van der Waals surface area contributed by atoms with Gasteiger partial charge < -0.3 is 10.3 Å². The van der Waals surface area contributed by atoms with Gasteiger partial charge in [0.2, 0.25) is 0 Å². The maximum Gasteiger partial charge on any atom is 0.114 e. The summed E-state index contributed by atoms with van der Waals surface area (Å²) in [5.41, 5.74) is 6.18. The Balaban J connectivity index is 2.30. The molecule has 1 aromatic rings. The van der Waals surface area contributed by atoms with Crippen molar-refractivity contribution in [1.29, 1.82) is 0 Å². The highest BCUT2D eigenvalue weighted by Crippen LogP contribution is 2.39. The second-order valence-electron chi connectivity index (χ2n) is 4.60. The summed E-state index contributed by atoms with van der Waals surface area (Å²) in [6, 6.07) is 0.363. The van der Waals surface area contributed by atoms with E-state index >= 15 is 0 Å². The average molecular weight is 193 g/mol. The van der Waals surface area contributed by atoms with E-state index < -0.39 is 0 Å². The van der Waals surface area contributed by atoms with Gasteiger partial charge in [0, 0.05) is 30.4 Å². The number of hydrogen-bond acceptors (Lipinski definition) is 2. The minimum Gasteiger partial charge on any atom is -0.335 e. The molecule has 2 unspecified atom stereocenters. The van der Waals surface area contributed by atoms with Crippen molar-refractivity contribution in [1.82, 2.24) is 9.55 Å². The zero-order valence-corrected chi connectivity index (χ0v) is 9.03. The molecular weight excluding hydrogens is 174 g/mol. The van der Waals surface area contributed by atoms with Gasteiger partial charge in [0.15, 0.2) is 0 Å². The molecule has 78 valence electrons. The Kier molecular flexibility index (Phi) is 2.35. The van der Waals surface area contributed by atoms with Gasteiger partial charge >= 0.3 is 0 Å². The number of aryl methyl sites for hydroxylation is 1. The first kappa shape index (κ1) is 9.71. The summed E-state index contributed by atoms with van der Waals surface area (Å²) in [6.45, 7) is 5.44. The highest BCUT2D eigenvalue weighted by molar-refractivity contribution is 5.12. The first-order valence-corrected chi connectivity index (χ1v) is 5.43. The van der Waals surface area contributed by atoms with Crippen LogP contribution in [0.4, 0.5) is 0 Å². The molecule has 0 amide bonds. The fourth-order valence-corrected chi connectivity index (χ4v) is 2.58. The predicted octanol–water partition coefficient (Wildman–Crippen LogP) is 1.67. The van der Waals surface area contributed by atoms with Crippen molar-refractivity contribution in [3.05, 3.63) is 18.2 Å². The van der Waals surface area contributed by atoms with Gasteiger partial charge in [-0.15, -0.1) is 0 Å². The fraction of sp³-hybridized carbons (Fsp3) is 0.727. The first-order valence-electron chi connectivity index (χ1n) is 5.43. The number of nitrogens with zero attached hydrogens (tertiary/aromatic N) is 2. The molecule has 0 bridgehead atoms. The number of nitrogens with two attached hydrogens (primary N) is 1. The Bertz CT molecular complexity index is 318. The molecule has 3 heteroatoms. The molecule has 1 aromatic heterocycles. The first-order chi connectivity index (χ1) is 6.65. The molecular formula is C11H19N3. The summed E-state index contributed by atoms with van der Waals surface area (Å²) in [6.07, 6.45) is 7.33. The van der Waals surface area contributed by atoms with E-state index in [9.17, 15) is 0 Å². The lowest BCUT2D eigenvalue weighted by molar-refractivity contribution is 0.428. The number of aromatic nitrogens is 2. The van der Waals surface area contributed by atoms with Gasteiger partial charge in [0.1, 0.15) is 5.82 Å². The van der Waals surface area contributed by atoms with Crippen molar-refractivity contribution in [2.75, 3.05) is 0 Å². The van der Waals surface area contributed by atoms with E-state index in [0.29, 0.717) is 6.04 Å². The van der Waals surface area contributed by atoms with Crippen LogP contribution in [0, 0.1) is 0 Å². The summed E-state index contributed by atoms with van der Waals surface area (Å²) < 4.78 is 2.23. The molecule has 2 atom stereocenters. The van der Waals surface area contributed by atoms with Crippen LogP contribution in [0.3, 0.4) is 0 Å². The lowest BCUT2D eigenvalue weighted by Crippen LogP contribution is -2.26. The van der Waals surface area contributed by atoms with Crippen molar-refractivity contribution >= 4 is 0 Å². The topological polar surface area (TPSA) is 43.8 Å². The second kappa shape index (κ2) is 3.39. The number of hydrogen-bond donors (Lipinski definition) is 1. The molecule has 2 rings (SSSR count). The molecule has 1 aliphatic carbocycles. The third-order valence-electron chi connectivity index (χ3n) is 3.38. The Morgan fingerprint density at radius 3 is 3.07 bits per heavy atom. The molecule has 14 heavy (non-hydrogen) atoms. The fourth-order valence-electron chi connectivity index (χ4n) is 2.58. The monoisotopic (exact) mass is 193 g/mol. The van der Waals surface area contributed by atoms with Crippen LogP contribution in [0.2, 0.25) is 0 Å². The van der Waals surface area contributed by atoms with Crippen LogP contribution in [0.25, 0.3) is 0 Å². The van der Waals surface area contributed by atoms with Gasteiger partial charge in [-0.05, 0) is 26.2 Å². The predicted molar refractivity (Wildman–Crippen MR) is 57.1 cm³/mol. The largest absolute Gasteiger partial charge is 0.335 e. The van der Waals surface area contributed by atoms with Crippen LogP contribution < -0.4 is 5.73 Å². The quantitative estimate of drug-likeness (QED) is 0.776. The van der Waals surface area contributed by atoms with Crippen LogP contribution in [0.5, 0.6) is 0 Å². The number of rotatable bonds is 2. The molecule has 0 aliphatic heterocycles. The third kappa shape index (κ3) is 1.46. The van der Waals surface area contributed by atoms with E-state index in [0.717, 1.165) is 19.4 Å². The molecule has 1 saturated carbocycles. The molecule has 3 nitrogen and oxygen atoms in total. The third-order valence-corrected chi connectivity index (χ3v) is 3.38. The zero-order valence-electron chi connectivity index (χ0n) is 9.03. The van der Waals surface area contributed by atoms with Crippen LogP contribution >= 0.6 is 0 Å². The molecule has 1 fully saturated rings. The van der Waals surface area contributed by atoms with E-state index in [1.54, 1.807) is 0 Å². The Morgan fingerprint density at radius 1 is 1.71 bits per heavy atom. The van der Waals surface area contributed by atoms with Gasteiger partial charge in [-0.1, -0.05) is 6.92 Å². The van der Waals surface area contributed by atoms with Gasteiger partial charge in [-0.2, -0.15) is 0 Å². The van der Waals surface area contributed by atoms with Gasteiger partial charge in [-0.25, -0.2) is 4.98 Å². The lowest BCUT2D eigenvalue weighted by Gasteiger charge is -2.24. The van der Waals surface area contributed by atoms with Gasteiger partial charge in [0.25, 0.3) is 0 Å². The van der Waals surface area contributed by atoms with Crippen molar-refractivity contribution in [2.45, 2.75) is 51.1 Å². The highest BCUT2D eigenvalue weighted by atomic mass is 15.1. The summed E-state index contributed by atoms with van der Waals surface area (Å²) in [5.74, 6) is 1.22. The van der Waals surface area contributed by atoms with E-state index in [-0.39, 0.29) is 5.41 Å². The van der Waals surface area contributed by atoms with Crippen molar-refractivity contribution < 1.29 is 0 Å². The maximum absolute atomic E-state index is 5.97. The Labute approximate surface area is 85.3 Å². The highest BCUT2D eigenvalue weighted by Gasteiger charge is 2.37. The molecule has 0 aromatic carbocycles. The minimum absolute atomic E-state index is 0.207. The lowest BCUT2D eigenvalue weighted by atomic mass is 9.87. The van der Waals surface area contributed by atoms with E-state index in [4.69, 9.17) is 5.73 Å². The standard InChI is InChI=1S/C11H19N3/c1-3-14-7-6-13-10(14)11(2)5-4-9(12)8-11/h6-7,9H,3-5,8,12H2,1-2H3. The van der Waals surface area contributed by atoms with E-state index in [1.807, 2.05) is 6.20 Å². The van der Waals surface area contributed by atoms with Gasteiger partial charge in [0.05, 0.1) is 0 Å². The van der Waals surface area contributed by atoms with Crippen molar-refractivity contribution in [3.8, 4) is 0 Å². The second-order valence-corrected chi connectivity index (χ2v) is 4.60. The van der Waals surface area contributed by atoms with Crippen LogP contribution in [0.15, 0.2) is 12.4 Å². The van der Waals surface area contributed by atoms with Crippen LogP contribution in [0.1, 0.15) is 38.9 Å². The molecule has 1 aliphatic rings. The molecule has 1 heterocycles. The SMILES string of the molecule is CCn1ccnc1C1(C)CCC(N)C1. The number of imidazole rings is 1. The molecule has 0 radical (unpaired) electrons. The summed E-state index contributed by atoms with van der Waals surface area (Å²) in [5, 5.41) is 0. The Hall–Kier alpha value is -0.830. The van der Waals surface area contributed by atoms with Crippen molar-refractivity contribution in [2.24, 2.45) is 5.73 Å². The van der Waals surface area contributed by atoms with E-state index in [2.05, 4.69) is 29.6 Å². The zero-order chi connectivity index (χ0) is 10.2. The van der Waals surface area contributed by atoms with Crippen LogP contribution in [-0.2, 0) is 12.0 Å². The molecule has 0 spiro atoms.